The number of fused-ring (bicyclic) bond motifs is 1. The van der Waals surface area contributed by atoms with Crippen molar-refractivity contribution in [2.24, 2.45) is 0 Å². The van der Waals surface area contributed by atoms with Crippen LogP contribution in [0.3, 0.4) is 0 Å². The zero-order chi connectivity index (χ0) is 20.6. The average molecular weight is 536 g/mol. The summed E-state index contributed by atoms with van der Waals surface area (Å²) < 4.78 is 44.5. The quantitative estimate of drug-likeness (QED) is 0.394. The summed E-state index contributed by atoms with van der Waals surface area (Å²) in [6.07, 6.45) is 3.21. The zero-order valence-corrected chi connectivity index (χ0v) is 19.9. The normalized spacial score (nSPS) is 16.1. The first kappa shape index (κ1) is 22.2. The highest BCUT2D eigenvalue weighted by atomic mass is 79.9. The van der Waals surface area contributed by atoms with Crippen LogP contribution in [0.4, 0.5) is 8.78 Å². The minimum Gasteiger partial charge on any atom is -0.598 e. The lowest BCUT2D eigenvalue weighted by atomic mass is 10.0. The Morgan fingerprint density at radius 3 is 2.36 bits per heavy atom. The van der Waals surface area contributed by atoms with Gasteiger partial charge in [0.15, 0.2) is 0 Å². The van der Waals surface area contributed by atoms with Crippen molar-refractivity contribution in [2.45, 2.75) is 57.2 Å². The summed E-state index contributed by atoms with van der Waals surface area (Å²) in [7, 11) is 0. The summed E-state index contributed by atoms with van der Waals surface area (Å²) in [5.41, 5.74) is 3.54. The molecule has 8 heteroatoms. The number of halogens is 4. The molecule has 2 unspecified atom stereocenters. The molecule has 0 saturated heterocycles. The third-order valence-corrected chi connectivity index (χ3v) is 7.82. The second-order valence-electron chi connectivity index (χ2n) is 7.95. The van der Waals surface area contributed by atoms with Crippen LogP contribution in [0.15, 0.2) is 27.3 Å². The van der Waals surface area contributed by atoms with Gasteiger partial charge in [-0.1, -0.05) is 0 Å². The van der Waals surface area contributed by atoms with E-state index in [2.05, 4.69) is 36.6 Å². The Kier molecular flexibility index (Phi) is 6.86. The maximum Gasteiger partial charge on any atom is 0.136 e. The number of rotatable bonds is 5. The third kappa shape index (κ3) is 4.95. The van der Waals surface area contributed by atoms with Crippen molar-refractivity contribution in [3.05, 3.63) is 61.3 Å². The minimum absolute atomic E-state index is 0.257. The zero-order valence-electron chi connectivity index (χ0n) is 15.9. The number of hydrogen-bond acceptors (Lipinski definition) is 3. The molecule has 0 spiro atoms. The third-order valence-electron chi connectivity index (χ3n) is 4.67. The Labute approximate surface area is 184 Å². The number of benzene rings is 1. The van der Waals surface area contributed by atoms with Crippen LogP contribution < -0.4 is 4.72 Å². The lowest BCUT2D eigenvalue weighted by Crippen LogP contribution is -2.42. The van der Waals surface area contributed by atoms with Crippen molar-refractivity contribution in [3.8, 4) is 0 Å². The summed E-state index contributed by atoms with van der Waals surface area (Å²) in [6, 6.07) is 2.97. The molecule has 2 atom stereocenters. The SMILES string of the molecule is CC(C)(C)[S+]([O-])NC(Cc1cc(F)cc(F)c1)c1nc(Br)c2c(c1Br)CCC2. The molecular formula is C20H22Br2F2N2OS. The molecule has 3 rings (SSSR count). The maximum atomic E-state index is 13.7. The van der Waals surface area contributed by atoms with E-state index in [-0.39, 0.29) is 6.42 Å². The minimum atomic E-state index is -1.38. The van der Waals surface area contributed by atoms with Crippen LogP contribution in [0.25, 0.3) is 0 Å². The summed E-state index contributed by atoms with van der Waals surface area (Å²) in [4.78, 5) is 4.71. The summed E-state index contributed by atoms with van der Waals surface area (Å²) in [5, 5.41) is 0. The Hall–Kier alpha value is -0.540. The van der Waals surface area contributed by atoms with Crippen LogP contribution >= 0.6 is 31.9 Å². The van der Waals surface area contributed by atoms with Gasteiger partial charge in [0.1, 0.15) is 21.0 Å². The van der Waals surface area contributed by atoms with Crippen molar-refractivity contribution in [1.82, 2.24) is 9.71 Å². The second kappa shape index (κ2) is 8.68. The molecule has 1 aromatic carbocycles. The molecule has 0 radical (unpaired) electrons. The Bertz CT molecular complexity index is 869. The van der Waals surface area contributed by atoms with Gasteiger partial charge in [0, 0.05) is 21.9 Å². The van der Waals surface area contributed by atoms with E-state index in [0.717, 1.165) is 34.4 Å². The van der Waals surface area contributed by atoms with Gasteiger partial charge in [-0.05, 0) is 107 Å². The molecule has 0 fully saturated rings. The second-order valence-corrected chi connectivity index (χ2v) is 11.5. The van der Waals surface area contributed by atoms with E-state index in [1.807, 2.05) is 20.8 Å². The van der Waals surface area contributed by atoms with Gasteiger partial charge in [0.25, 0.3) is 0 Å². The van der Waals surface area contributed by atoms with Crippen LogP contribution in [-0.4, -0.2) is 14.3 Å². The van der Waals surface area contributed by atoms with Gasteiger partial charge in [-0.15, -0.1) is 4.72 Å². The molecule has 0 aliphatic heterocycles. The van der Waals surface area contributed by atoms with Crippen molar-refractivity contribution in [3.63, 3.8) is 0 Å². The molecule has 1 aliphatic carbocycles. The van der Waals surface area contributed by atoms with E-state index < -0.39 is 33.8 Å². The number of aromatic nitrogens is 1. The van der Waals surface area contributed by atoms with Crippen LogP contribution in [0.5, 0.6) is 0 Å². The van der Waals surface area contributed by atoms with Gasteiger partial charge in [0.2, 0.25) is 0 Å². The van der Waals surface area contributed by atoms with Crippen molar-refractivity contribution in [1.29, 1.82) is 0 Å². The molecule has 1 heterocycles. The lowest BCUT2D eigenvalue weighted by Gasteiger charge is -2.28. The lowest BCUT2D eigenvalue weighted by molar-refractivity contribution is 0.515. The molecule has 0 saturated carbocycles. The van der Waals surface area contributed by atoms with Crippen LogP contribution in [0, 0.1) is 11.6 Å². The molecule has 28 heavy (non-hydrogen) atoms. The molecule has 1 N–H and O–H groups in total. The predicted molar refractivity (Wildman–Crippen MR) is 115 cm³/mol. The first-order valence-corrected chi connectivity index (χ1v) is 11.8. The van der Waals surface area contributed by atoms with Gasteiger partial charge >= 0.3 is 0 Å². The first-order chi connectivity index (χ1) is 13.1. The van der Waals surface area contributed by atoms with E-state index in [0.29, 0.717) is 11.3 Å². The molecule has 1 aromatic heterocycles. The number of nitrogens with zero attached hydrogens (tertiary/aromatic N) is 1. The highest BCUT2D eigenvalue weighted by molar-refractivity contribution is 9.11. The van der Waals surface area contributed by atoms with Gasteiger partial charge in [-0.25, -0.2) is 13.8 Å². The maximum absolute atomic E-state index is 13.7. The average Bonchev–Trinajstić information content (AvgIpc) is 3.06. The van der Waals surface area contributed by atoms with Crippen LogP contribution in [-0.2, 0) is 30.6 Å². The topological polar surface area (TPSA) is 48.0 Å². The van der Waals surface area contributed by atoms with E-state index >= 15 is 0 Å². The molecule has 0 amide bonds. The largest absolute Gasteiger partial charge is 0.598 e. The van der Waals surface area contributed by atoms with E-state index in [1.54, 1.807) is 0 Å². The fourth-order valence-corrected chi connectivity index (χ4v) is 5.52. The van der Waals surface area contributed by atoms with E-state index in [4.69, 9.17) is 4.98 Å². The fourth-order valence-electron chi connectivity index (χ4n) is 3.29. The Balaban J connectivity index is 2.02. The molecule has 2 aromatic rings. The monoisotopic (exact) mass is 534 g/mol. The molecular weight excluding hydrogens is 514 g/mol. The fraction of sp³-hybridized carbons (Fsp3) is 0.450. The highest BCUT2D eigenvalue weighted by Gasteiger charge is 2.33. The first-order valence-electron chi connectivity index (χ1n) is 9.06. The molecule has 0 bridgehead atoms. The summed E-state index contributed by atoms with van der Waals surface area (Å²) in [6.45, 7) is 5.61. The number of nitrogens with one attached hydrogen (secondary N) is 1. The van der Waals surface area contributed by atoms with Gasteiger partial charge < -0.3 is 4.55 Å². The van der Waals surface area contributed by atoms with Crippen molar-refractivity contribution in [2.75, 3.05) is 0 Å². The van der Waals surface area contributed by atoms with E-state index in [9.17, 15) is 13.3 Å². The molecule has 152 valence electrons. The standard InChI is InChI=1S/C20H22Br2F2N2OS/c1-20(2,3)28(27)26-16(9-11-7-12(23)10-13(24)8-11)18-17(21)14-5-4-6-15(14)19(22)25-18/h7-8,10,16,26H,4-6,9H2,1-3H3. The number of hydrogen-bond donors (Lipinski definition) is 1. The van der Waals surface area contributed by atoms with E-state index in [1.165, 1.54) is 23.3 Å². The Morgan fingerprint density at radius 2 is 1.75 bits per heavy atom. The summed E-state index contributed by atoms with van der Waals surface area (Å²) >= 11 is 5.86. The Morgan fingerprint density at radius 1 is 1.14 bits per heavy atom. The van der Waals surface area contributed by atoms with Gasteiger partial charge in [-0.3, -0.25) is 0 Å². The van der Waals surface area contributed by atoms with Crippen molar-refractivity contribution < 1.29 is 13.3 Å². The van der Waals surface area contributed by atoms with Crippen LogP contribution in [0.2, 0.25) is 0 Å². The molecule has 3 nitrogen and oxygen atoms in total. The predicted octanol–water partition coefficient (Wildman–Crippen LogP) is 5.71. The van der Waals surface area contributed by atoms with Crippen LogP contribution in [0.1, 0.15) is 55.6 Å². The summed E-state index contributed by atoms with van der Waals surface area (Å²) in [5.74, 6) is -1.26. The van der Waals surface area contributed by atoms with Crippen molar-refractivity contribution >= 4 is 43.2 Å². The highest BCUT2D eigenvalue weighted by Crippen LogP contribution is 2.38. The van der Waals surface area contributed by atoms with Gasteiger partial charge in [-0.2, -0.15) is 0 Å². The smallest absolute Gasteiger partial charge is 0.136 e. The number of pyridine rings is 1. The molecule has 1 aliphatic rings. The van der Waals surface area contributed by atoms with Gasteiger partial charge in [0.05, 0.1) is 11.7 Å².